The van der Waals surface area contributed by atoms with E-state index in [1.165, 1.54) is 11.8 Å². The maximum absolute atomic E-state index is 11.2. The molecule has 2 atom stereocenters. The number of carbonyl (C=O) groups is 2. The predicted octanol–water partition coefficient (Wildman–Crippen LogP) is 0.368. The lowest BCUT2D eigenvalue weighted by molar-refractivity contribution is -0.173. The lowest BCUT2D eigenvalue weighted by atomic mass is 10.2. The van der Waals surface area contributed by atoms with Crippen molar-refractivity contribution in [3.63, 3.8) is 0 Å². The van der Waals surface area contributed by atoms with Gasteiger partial charge in [-0.2, -0.15) is 0 Å². The van der Waals surface area contributed by atoms with Crippen LogP contribution >= 0.6 is 0 Å². The highest BCUT2D eigenvalue weighted by Gasteiger charge is 2.52. The van der Waals surface area contributed by atoms with Gasteiger partial charge in [0.25, 0.3) is 0 Å². The summed E-state index contributed by atoms with van der Waals surface area (Å²) in [5.41, 5.74) is 0. The summed E-state index contributed by atoms with van der Waals surface area (Å²) in [6.07, 6.45) is 1.19. The topological polar surface area (TPSA) is 55.8 Å². The molecule has 0 bridgehead atoms. The Morgan fingerprint density at radius 1 is 1.71 bits per heavy atom. The number of fused-ring (bicyclic) bond motifs is 1. The summed E-state index contributed by atoms with van der Waals surface area (Å²) in [4.78, 5) is 23.4. The van der Waals surface area contributed by atoms with Crippen molar-refractivity contribution < 1.29 is 19.1 Å². The molecule has 5 nitrogen and oxygen atoms in total. The maximum atomic E-state index is 11.2. The fourth-order valence-electron chi connectivity index (χ4n) is 1.62. The standard InChI is InChI=1S/C9H11NO4/c1-3-6-9(13-5(2)11)10-7(12)4-8(10)14-6/h3,8-9H,4H2,1-2H3/b6-3+/t8-,9?/m1/s1. The van der Waals surface area contributed by atoms with Crippen LogP contribution in [0.2, 0.25) is 0 Å². The summed E-state index contributed by atoms with van der Waals surface area (Å²) in [5.74, 6) is 0.0763. The van der Waals surface area contributed by atoms with Crippen LogP contribution in [-0.4, -0.2) is 29.2 Å². The van der Waals surface area contributed by atoms with Gasteiger partial charge in [-0.15, -0.1) is 0 Å². The number of hydrogen-bond acceptors (Lipinski definition) is 4. The molecule has 0 aliphatic carbocycles. The van der Waals surface area contributed by atoms with E-state index in [1.807, 2.05) is 0 Å². The Balaban J connectivity index is 2.17. The molecule has 0 aromatic heterocycles. The predicted molar refractivity (Wildman–Crippen MR) is 45.6 cm³/mol. The molecule has 0 spiro atoms. The van der Waals surface area contributed by atoms with Crippen LogP contribution < -0.4 is 0 Å². The third-order valence-electron chi connectivity index (χ3n) is 2.28. The number of ether oxygens (including phenoxy) is 2. The van der Waals surface area contributed by atoms with E-state index in [0.29, 0.717) is 12.2 Å². The van der Waals surface area contributed by atoms with Crippen LogP contribution in [0.25, 0.3) is 0 Å². The zero-order valence-corrected chi connectivity index (χ0v) is 8.02. The van der Waals surface area contributed by atoms with Crippen LogP contribution in [0.1, 0.15) is 20.3 Å². The first-order valence-corrected chi connectivity index (χ1v) is 4.44. The first-order chi connectivity index (χ1) is 6.63. The van der Waals surface area contributed by atoms with Crippen LogP contribution in [0, 0.1) is 0 Å². The minimum atomic E-state index is -0.649. The monoisotopic (exact) mass is 197 g/mol. The molecule has 2 fully saturated rings. The molecule has 2 saturated heterocycles. The number of nitrogens with zero attached hydrogens (tertiary/aromatic N) is 1. The van der Waals surface area contributed by atoms with Crippen molar-refractivity contribution in [2.45, 2.75) is 32.7 Å². The molecule has 0 N–H and O–H groups in total. The average molecular weight is 197 g/mol. The second kappa shape index (κ2) is 3.01. The van der Waals surface area contributed by atoms with Crippen molar-refractivity contribution in [3.05, 3.63) is 11.8 Å². The van der Waals surface area contributed by atoms with Crippen LogP contribution in [0.4, 0.5) is 0 Å². The molecule has 14 heavy (non-hydrogen) atoms. The molecular formula is C9H11NO4. The van der Waals surface area contributed by atoms with Gasteiger partial charge in [0.1, 0.15) is 0 Å². The van der Waals surface area contributed by atoms with Gasteiger partial charge in [-0.1, -0.05) is 0 Å². The first kappa shape index (κ1) is 9.05. The van der Waals surface area contributed by atoms with Gasteiger partial charge in [0.2, 0.25) is 12.1 Å². The van der Waals surface area contributed by atoms with Gasteiger partial charge < -0.3 is 9.47 Å². The molecule has 5 heteroatoms. The molecular weight excluding hydrogens is 186 g/mol. The van der Waals surface area contributed by atoms with Crippen LogP contribution in [0.3, 0.4) is 0 Å². The van der Waals surface area contributed by atoms with Gasteiger partial charge in [0.15, 0.2) is 12.0 Å². The maximum Gasteiger partial charge on any atom is 0.304 e. The summed E-state index contributed by atoms with van der Waals surface area (Å²) in [6, 6.07) is 0. The molecule has 0 radical (unpaired) electrons. The molecule has 0 saturated carbocycles. The minimum Gasteiger partial charge on any atom is -0.468 e. The molecule has 1 unspecified atom stereocenters. The van der Waals surface area contributed by atoms with Gasteiger partial charge >= 0.3 is 5.97 Å². The smallest absolute Gasteiger partial charge is 0.304 e. The quantitative estimate of drug-likeness (QED) is 0.450. The van der Waals surface area contributed by atoms with E-state index < -0.39 is 12.2 Å². The molecule has 2 aliphatic heterocycles. The molecule has 2 heterocycles. The van der Waals surface area contributed by atoms with Gasteiger partial charge in [-0.25, -0.2) is 0 Å². The van der Waals surface area contributed by atoms with E-state index in [9.17, 15) is 9.59 Å². The number of carbonyl (C=O) groups excluding carboxylic acids is 2. The minimum absolute atomic E-state index is 0.0434. The Morgan fingerprint density at radius 3 is 2.93 bits per heavy atom. The Bertz CT molecular complexity index is 323. The zero-order valence-electron chi connectivity index (χ0n) is 8.02. The van der Waals surface area contributed by atoms with Gasteiger partial charge in [-0.3, -0.25) is 14.5 Å². The van der Waals surface area contributed by atoms with E-state index in [4.69, 9.17) is 9.47 Å². The molecule has 0 aromatic rings. The highest BCUT2D eigenvalue weighted by atomic mass is 16.6. The highest BCUT2D eigenvalue weighted by molar-refractivity contribution is 5.84. The Morgan fingerprint density at radius 2 is 2.43 bits per heavy atom. The number of allylic oxidation sites excluding steroid dienone is 1. The van der Waals surface area contributed by atoms with E-state index in [1.54, 1.807) is 13.0 Å². The van der Waals surface area contributed by atoms with E-state index in [2.05, 4.69) is 0 Å². The van der Waals surface area contributed by atoms with E-state index >= 15 is 0 Å². The van der Waals surface area contributed by atoms with Crippen molar-refractivity contribution in [1.82, 2.24) is 4.90 Å². The SMILES string of the molecule is C/C=C1/O[C@@H]2CC(=O)N2C1OC(C)=O. The number of hydrogen-bond donors (Lipinski definition) is 0. The van der Waals surface area contributed by atoms with Crippen molar-refractivity contribution >= 4 is 11.9 Å². The second-order valence-corrected chi connectivity index (χ2v) is 3.23. The summed E-state index contributed by atoms with van der Waals surface area (Å²) >= 11 is 0. The Labute approximate surface area is 81.3 Å². The second-order valence-electron chi connectivity index (χ2n) is 3.23. The van der Waals surface area contributed by atoms with E-state index in [-0.39, 0.29) is 12.1 Å². The third-order valence-corrected chi connectivity index (χ3v) is 2.28. The van der Waals surface area contributed by atoms with Gasteiger partial charge in [0, 0.05) is 6.92 Å². The number of rotatable bonds is 1. The summed E-state index contributed by atoms with van der Waals surface area (Å²) < 4.78 is 10.4. The normalized spacial score (nSPS) is 32.3. The largest absolute Gasteiger partial charge is 0.468 e. The van der Waals surface area contributed by atoms with Crippen LogP contribution in [0.5, 0.6) is 0 Å². The molecule has 0 aromatic carbocycles. The Kier molecular flexibility index (Phi) is 1.94. The fraction of sp³-hybridized carbons (Fsp3) is 0.556. The van der Waals surface area contributed by atoms with Crippen molar-refractivity contribution in [2.24, 2.45) is 0 Å². The number of amides is 1. The lowest BCUT2D eigenvalue weighted by Gasteiger charge is -2.33. The van der Waals surface area contributed by atoms with Crippen LogP contribution in [-0.2, 0) is 19.1 Å². The number of esters is 1. The summed E-state index contributed by atoms with van der Waals surface area (Å²) in [6.45, 7) is 3.09. The first-order valence-electron chi connectivity index (χ1n) is 4.44. The number of β-lactam (4-membered cyclic amide) rings is 1. The summed E-state index contributed by atoms with van der Waals surface area (Å²) in [5, 5.41) is 0. The molecule has 2 aliphatic rings. The highest BCUT2D eigenvalue weighted by Crippen LogP contribution is 2.36. The molecule has 2 rings (SSSR count). The molecule has 76 valence electrons. The summed E-state index contributed by atoms with van der Waals surface area (Å²) in [7, 11) is 0. The lowest BCUT2D eigenvalue weighted by Crippen LogP contribution is -2.53. The Hall–Kier alpha value is -1.52. The van der Waals surface area contributed by atoms with Crippen molar-refractivity contribution in [1.29, 1.82) is 0 Å². The third kappa shape index (κ3) is 1.16. The average Bonchev–Trinajstić information content (AvgIpc) is 2.35. The van der Waals surface area contributed by atoms with E-state index in [0.717, 1.165) is 0 Å². The van der Waals surface area contributed by atoms with Crippen molar-refractivity contribution in [3.8, 4) is 0 Å². The fourth-order valence-corrected chi connectivity index (χ4v) is 1.62. The van der Waals surface area contributed by atoms with Crippen LogP contribution in [0.15, 0.2) is 11.8 Å². The van der Waals surface area contributed by atoms with Crippen molar-refractivity contribution in [2.75, 3.05) is 0 Å². The van der Waals surface area contributed by atoms with Gasteiger partial charge in [0.05, 0.1) is 6.42 Å². The zero-order chi connectivity index (χ0) is 10.3. The van der Waals surface area contributed by atoms with Gasteiger partial charge in [-0.05, 0) is 13.0 Å². The molecule has 1 amide bonds.